The number of anilines is 1. The van der Waals surface area contributed by atoms with Crippen LogP contribution in [0.3, 0.4) is 0 Å². The molecule has 0 saturated carbocycles. The molecule has 2 heterocycles. The molecule has 0 aliphatic carbocycles. The van der Waals surface area contributed by atoms with E-state index in [2.05, 4.69) is 15.3 Å². The Morgan fingerprint density at radius 3 is 2.70 bits per heavy atom. The van der Waals surface area contributed by atoms with Crippen LogP contribution < -0.4 is 11.1 Å². The Labute approximate surface area is 180 Å². The SMILES string of the molecule is Cc1cc(C)c2cc1C(=O)NCCCN(CCO)C(=O)CCSc1cc-2nc(N)n1. The second-order valence-corrected chi connectivity index (χ2v) is 8.36. The van der Waals surface area contributed by atoms with Crippen molar-refractivity contribution in [3.8, 4) is 11.3 Å². The topological polar surface area (TPSA) is 121 Å². The van der Waals surface area contributed by atoms with Crippen molar-refractivity contribution in [1.82, 2.24) is 20.2 Å². The lowest BCUT2D eigenvalue weighted by Gasteiger charge is -2.22. The smallest absolute Gasteiger partial charge is 0.251 e. The van der Waals surface area contributed by atoms with Gasteiger partial charge in [0.2, 0.25) is 11.9 Å². The monoisotopic (exact) mass is 429 g/mol. The number of nitrogens with one attached hydrogen (secondary N) is 1. The first-order valence-electron chi connectivity index (χ1n) is 9.95. The highest BCUT2D eigenvalue weighted by Gasteiger charge is 2.17. The van der Waals surface area contributed by atoms with E-state index in [4.69, 9.17) is 5.73 Å². The molecule has 0 radical (unpaired) electrons. The summed E-state index contributed by atoms with van der Waals surface area (Å²) in [6.07, 6.45) is 0.936. The van der Waals surface area contributed by atoms with E-state index in [0.717, 1.165) is 16.7 Å². The molecule has 1 aromatic carbocycles. The van der Waals surface area contributed by atoms with Crippen molar-refractivity contribution in [3.05, 3.63) is 34.9 Å². The predicted octanol–water partition coefficient (Wildman–Crippen LogP) is 1.78. The Morgan fingerprint density at radius 1 is 1.17 bits per heavy atom. The number of hydrogen-bond acceptors (Lipinski definition) is 7. The summed E-state index contributed by atoms with van der Waals surface area (Å²) in [4.78, 5) is 35.6. The number of carbonyl (C=O) groups excluding carboxylic acids is 2. The maximum atomic E-state index is 12.8. The van der Waals surface area contributed by atoms with Gasteiger partial charge in [-0.1, -0.05) is 6.07 Å². The molecule has 0 unspecified atom stereocenters. The van der Waals surface area contributed by atoms with Crippen LogP contribution in [-0.2, 0) is 4.79 Å². The van der Waals surface area contributed by atoms with Gasteiger partial charge in [-0.15, -0.1) is 11.8 Å². The van der Waals surface area contributed by atoms with Gasteiger partial charge in [-0.05, 0) is 43.5 Å². The molecular weight excluding hydrogens is 402 g/mol. The van der Waals surface area contributed by atoms with Gasteiger partial charge in [0.15, 0.2) is 0 Å². The molecule has 160 valence electrons. The molecule has 0 atom stereocenters. The van der Waals surface area contributed by atoms with Crippen LogP contribution in [0.5, 0.6) is 0 Å². The van der Waals surface area contributed by atoms with Gasteiger partial charge in [-0.2, -0.15) is 0 Å². The molecule has 0 spiro atoms. The van der Waals surface area contributed by atoms with Gasteiger partial charge >= 0.3 is 0 Å². The van der Waals surface area contributed by atoms with Crippen LogP contribution >= 0.6 is 11.8 Å². The zero-order chi connectivity index (χ0) is 21.7. The summed E-state index contributed by atoms with van der Waals surface area (Å²) in [5.41, 5.74) is 9.87. The van der Waals surface area contributed by atoms with Crippen LogP contribution in [0.1, 0.15) is 34.3 Å². The number of aryl methyl sites for hydroxylation is 2. The minimum Gasteiger partial charge on any atom is -0.395 e. The van der Waals surface area contributed by atoms with E-state index in [0.29, 0.717) is 48.0 Å². The molecular formula is C21H27N5O3S. The summed E-state index contributed by atoms with van der Waals surface area (Å²) in [6.45, 7) is 4.98. The molecule has 9 heteroatoms. The van der Waals surface area contributed by atoms with E-state index in [1.807, 2.05) is 32.0 Å². The minimum atomic E-state index is -0.169. The number of benzene rings is 1. The fourth-order valence-electron chi connectivity index (χ4n) is 3.48. The second kappa shape index (κ2) is 9.90. The van der Waals surface area contributed by atoms with Crippen LogP contribution in [0.15, 0.2) is 23.2 Å². The third-order valence-electron chi connectivity index (χ3n) is 4.99. The maximum Gasteiger partial charge on any atom is 0.251 e. The molecule has 2 amide bonds. The number of fused-ring (bicyclic) bond motifs is 5. The third-order valence-corrected chi connectivity index (χ3v) is 5.90. The first-order valence-corrected chi connectivity index (χ1v) is 10.9. The number of aliphatic hydroxyl groups excluding tert-OH is 1. The number of nitrogens with two attached hydrogens (primary N) is 1. The van der Waals surface area contributed by atoms with Crippen molar-refractivity contribution < 1.29 is 14.7 Å². The van der Waals surface area contributed by atoms with Gasteiger partial charge in [-0.3, -0.25) is 9.59 Å². The highest BCUT2D eigenvalue weighted by Crippen LogP contribution is 2.29. The number of hydrogen-bond donors (Lipinski definition) is 3. The van der Waals surface area contributed by atoms with Gasteiger partial charge in [0.1, 0.15) is 5.03 Å². The van der Waals surface area contributed by atoms with E-state index in [9.17, 15) is 14.7 Å². The number of aromatic nitrogens is 2. The highest BCUT2D eigenvalue weighted by molar-refractivity contribution is 7.99. The summed E-state index contributed by atoms with van der Waals surface area (Å²) < 4.78 is 0. The quantitative estimate of drug-likeness (QED) is 0.622. The van der Waals surface area contributed by atoms with Gasteiger partial charge in [0, 0.05) is 42.9 Å². The van der Waals surface area contributed by atoms with Gasteiger partial charge < -0.3 is 21.1 Å². The van der Waals surface area contributed by atoms with Crippen LogP contribution in [0.2, 0.25) is 0 Å². The zero-order valence-corrected chi connectivity index (χ0v) is 18.1. The van der Waals surface area contributed by atoms with Crippen molar-refractivity contribution in [2.45, 2.75) is 31.7 Å². The Kier molecular flexibility index (Phi) is 7.28. The number of β-amino-alcohol motifs (C(OH)–C–C–N with tert-alkyl or cyclic N) is 1. The van der Waals surface area contributed by atoms with Crippen molar-refractivity contribution in [2.75, 3.05) is 37.7 Å². The van der Waals surface area contributed by atoms with Crippen LogP contribution in [-0.4, -0.2) is 63.8 Å². The van der Waals surface area contributed by atoms with Crippen molar-refractivity contribution in [1.29, 1.82) is 0 Å². The standard InChI is InChI=1S/C21H27N5O3S/c1-13-10-14(2)16-11-15(13)17-12-18(25-21(22)24-17)30-9-4-19(28)26(7-8-27)6-3-5-23-20(16)29/h10-12,27H,3-9H2,1-2H3,(H,23,29)(H2,22,24,25). The normalized spacial score (nSPS) is 15.8. The van der Waals surface area contributed by atoms with Crippen LogP contribution in [0.4, 0.5) is 5.95 Å². The number of nitrogen functional groups attached to an aromatic ring is 1. The van der Waals surface area contributed by atoms with Gasteiger partial charge in [0.25, 0.3) is 5.91 Å². The zero-order valence-electron chi connectivity index (χ0n) is 17.3. The molecule has 3 rings (SSSR count). The van der Waals surface area contributed by atoms with E-state index in [1.54, 1.807) is 4.90 Å². The lowest BCUT2D eigenvalue weighted by atomic mass is 9.97. The Hall–Kier alpha value is -2.65. The van der Waals surface area contributed by atoms with Crippen LogP contribution in [0.25, 0.3) is 11.3 Å². The van der Waals surface area contributed by atoms with E-state index in [1.165, 1.54) is 11.8 Å². The number of aliphatic hydroxyl groups is 1. The minimum absolute atomic E-state index is 0.0332. The molecule has 2 aromatic rings. The molecule has 30 heavy (non-hydrogen) atoms. The fourth-order valence-corrected chi connectivity index (χ4v) is 4.32. The first kappa shape index (κ1) is 22.0. The molecule has 4 bridgehead atoms. The number of amides is 2. The Morgan fingerprint density at radius 2 is 1.93 bits per heavy atom. The predicted molar refractivity (Wildman–Crippen MR) is 117 cm³/mol. The van der Waals surface area contributed by atoms with Crippen molar-refractivity contribution >= 4 is 29.5 Å². The average molecular weight is 430 g/mol. The first-order chi connectivity index (χ1) is 14.4. The maximum absolute atomic E-state index is 12.8. The summed E-state index contributed by atoms with van der Waals surface area (Å²) in [5.74, 6) is 0.493. The van der Waals surface area contributed by atoms with Gasteiger partial charge in [-0.25, -0.2) is 9.97 Å². The summed E-state index contributed by atoms with van der Waals surface area (Å²) in [5, 5.41) is 12.9. The number of nitrogens with zero attached hydrogens (tertiary/aromatic N) is 3. The van der Waals surface area contributed by atoms with Crippen LogP contribution in [0, 0.1) is 13.8 Å². The number of rotatable bonds is 2. The molecule has 0 fully saturated rings. The lowest BCUT2D eigenvalue weighted by Crippen LogP contribution is -2.36. The molecule has 8 nitrogen and oxygen atoms in total. The van der Waals surface area contributed by atoms with Crippen molar-refractivity contribution in [2.24, 2.45) is 0 Å². The summed E-state index contributed by atoms with van der Waals surface area (Å²) >= 11 is 1.44. The molecule has 1 aliphatic rings. The molecule has 1 aliphatic heterocycles. The highest BCUT2D eigenvalue weighted by atomic mass is 32.2. The lowest BCUT2D eigenvalue weighted by molar-refractivity contribution is -0.131. The second-order valence-electron chi connectivity index (χ2n) is 7.24. The molecule has 4 N–H and O–H groups in total. The fraction of sp³-hybridized carbons (Fsp3) is 0.429. The molecule has 0 saturated heterocycles. The summed E-state index contributed by atoms with van der Waals surface area (Å²) in [7, 11) is 0. The third kappa shape index (κ3) is 5.28. The van der Waals surface area contributed by atoms with E-state index in [-0.39, 0.29) is 30.9 Å². The number of thioether (sulfide) groups is 1. The number of carbonyl (C=O) groups is 2. The Bertz CT molecular complexity index is 950. The largest absolute Gasteiger partial charge is 0.395 e. The van der Waals surface area contributed by atoms with Gasteiger partial charge in [0.05, 0.1) is 12.3 Å². The summed E-state index contributed by atoms with van der Waals surface area (Å²) in [6, 6.07) is 5.66. The van der Waals surface area contributed by atoms with E-state index >= 15 is 0 Å². The molecule has 1 aromatic heterocycles. The Balaban J connectivity index is 1.99. The van der Waals surface area contributed by atoms with E-state index < -0.39 is 0 Å². The van der Waals surface area contributed by atoms with Crippen molar-refractivity contribution in [3.63, 3.8) is 0 Å². The average Bonchev–Trinajstić information content (AvgIpc) is 2.69.